The van der Waals surface area contributed by atoms with Gasteiger partial charge >= 0.3 is 5.97 Å². The molecule has 3 rings (SSSR count). The van der Waals surface area contributed by atoms with E-state index in [2.05, 4.69) is 20.8 Å². The van der Waals surface area contributed by atoms with Crippen LogP contribution in [0.3, 0.4) is 0 Å². The molecular formula is C14H15N5O3. The first-order valence-corrected chi connectivity index (χ1v) is 6.84. The highest BCUT2D eigenvalue weighted by atomic mass is 16.5. The van der Waals surface area contributed by atoms with Crippen molar-refractivity contribution in [1.29, 1.82) is 0 Å². The van der Waals surface area contributed by atoms with Crippen LogP contribution in [0.1, 0.15) is 46.8 Å². The van der Waals surface area contributed by atoms with Crippen LogP contribution in [0, 0.1) is 0 Å². The third kappa shape index (κ3) is 1.95. The number of esters is 1. The third-order valence-electron chi connectivity index (χ3n) is 3.95. The molecule has 114 valence electrons. The molecule has 2 aromatic rings. The van der Waals surface area contributed by atoms with Gasteiger partial charge in [0.2, 0.25) is 0 Å². The average molecular weight is 301 g/mol. The summed E-state index contributed by atoms with van der Waals surface area (Å²) in [6.45, 7) is 3.80. The predicted octanol–water partition coefficient (Wildman–Crippen LogP) is 0.817. The highest BCUT2D eigenvalue weighted by Crippen LogP contribution is 2.30. The number of rotatable bonds is 2. The van der Waals surface area contributed by atoms with E-state index in [0.717, 1.165) is 0 Å². The number of tetrazole rings is 1. The van der Waals surface area contributed by atoms with Crippen LogP contribution >= 0.6 is 0 Å². The average Bonchev–Trinajstić information content (AvgIpc) is 3.00. The number of methoxy groups -OCH3 is 1. The summed E-state index contributed by atoms with van der Waals surface area (Å²) in [4.78, 5) is 24.2. The molecule has 0 radical (unpaired) electrons. The van der Waals surface area contributed by atoms with E-state index < -0.39 is 11.5 Å². The van der Waals surface area contributed by atoms with Crippen LogP contribution in [0.2, 0.25) is 0 Å². The summed E-state index contributed by atoms with van der Waals surface area (Å²) in [6, 6.07) is 4.68. The lowest BCUT2D eigenvalue weighted by atomic mass is 9.98. The van der Waals surface area contributed by atoms with Gasteiger partial charge in [-0.2, -0.15) is 4.68 Å². The maximum atomic E-state index is 12.5. The lowest BCUT2D eigenvalue weighted by Gasteiger charge is -2.25. The Kier molecular flexibility index (Phi) is 3.16. The minimum Gasteiger partial charge on any atom is -0.465 e. The van der Waals surface area contributed by atoms with E-state index in [0.29, 0.717) is 29.1 Å². The monoisotopic (exact) mass is 301 g/mol. The topological polar surface area (TPSA) is 99.0 Å². The van der Waals surface area contributed by atoms with Gasteiger partial charge in [-0.15, -0.1) is 5.10 Å². The third-order valence-corrected chi connectivity index (χ3v) is 3.95. The van der Waals surface area contributed by atoms with Crippen LogP contribution in [0.25, 0.3) is 5.69 Å². The summed E-state index contributed by atoms with van der Waals surface area (Å²) in [5.74, 6) is -0.215. The second-order valence-corrected chi connectivity index (χ2v) is 5.28. The lowest BCUT2D eigenvalue weighted by molar-refractivity contribution is 0.0600. The van der Waals surface area contributed by atoms with E-state index in [-0.39, 0.29) is 5.91 Å². The molecule has 1 amide bonds. The first kappa shape index (κ1) is 14.2. The van der Waals surface area contributed by atoms with Crippen molar-refractivity contribution in [3.8, 4) is 5.69 Å². The maximum Gasteiger partial charge on any atom is 0.337 e. The SMILES string of the molecule is CCC1(C)NC(=O)c2ccc(C(=O)OC)cc2-n2nnnc21. The number of fused-ring (bicyclic) bond motifs is 3. The van der Waals surface area contributed by atoms with Gasteiger partial charge in [0.25, 0.3) is 5.91 Å². The normalized spacial score (nSPS) is 19.7. The number of amides is 1. The molecule has 1 N–H and O–H groups in total. The molecule has 1 aromatic carbocycles. The molecule has 8 nitrogen and oxygen atoms in total. The Morgan fingerprint density at radius 2 is 2.23 bits per heavy atom. The van der Waals surface area contributed by atoms with E-state index in [4.69, 9.17) is 4.74 Å². The Balaban J connectivity index is 2.26. The Hall–Kier alpha value is -2.77. The van der Waals surface area contributed by atoms with Crippen LogP contribution in [-0.2, 0) is 10.3 Å². The van der Waals surface area contributed by atoms with Crippen LogP contribution in [-0.4, -0.2) is 39.2 Å². The Morgan fingerprint density at radius 1 is 1.45 bits per heavy atom. The van der Waals surface area contributed by atoms with Gasteiger partial charge in [0.05, 0.1) is 29.5 Å². The van der Waals surface area contributed by atoms with Crippen LogP contribution in [0.4, 0.5) is 0 Å². The molecule has 1 aromatic heterocycles. The zero-order valence-corrected chi connectivity index (χ0v) is 12.5. The number of ether oxygens (including phenoxy) is 1. The van der Waals surface area contributed by atoms with Crippen LogP contribution in [0.15, 0.2) is 18.2 Å². The van der Waals surface area contributed by atoms with Gasteiger partial charge < -0.3 is 10.1 Å². The molecule has 0 aliphatic carbocycles. The van der Waals surface area contributed by atoms with Crippen molar-refractivity contribution in [2.45, 2.75) is 25.8 Å². The van der Waals surface area contributed by atoms with E-state index in [1.54, 1.807) is 18.2 Å². The molecule has 1 aliphatic rings. The van der Waals surface area contributed by atoms with Crippen molar-refractivity contribution in [3.05, 3.63) is 35.2 Å². The van der Waals surface area contributed by atoms with Gasteiger partial charge in [0.1, 0.15) is 0 Å². The zero-order valence-electron chi connectivity index (χ0n) is 12.5. The van der Waals surface area contributed by atoms with Crippen LogP contribution < -0.4 is 5.32 Å². The van der Waals surface area contributed by atoms with Gasteiger partial charge in [-0.3, -0.25) is 4.79 Å². The number of carbonyl (C=O) groups excluding carboxylic acids is 2. The number of aromatic nitrogens is 4. The van der Waals surface area contributed by atoms with E-state index in [1.165, 1.54) is 11.8 Å². The van der Waals surface area contributed by atoms with Gasteiger partial charge in [0.15, 0.2) is 5.82 Å². The number of hydrogen-bond donors (Lipinski definition) is 1. The molecule has 0 fully saturated rings. The molecular weight excluding hydrogens is 286 g/mol. The Labute approximate surface area is 126 Å². The molecule has 22 heavy (non-hydrogen) atoms. The van der Waals surface area contributed by atoms with Crippen molar-refractivity contribution in [2.24, 2.45) is 0 Å². The largest absolute Gasteiger partial charge is 0.465 e. The highest BCUT2D eigenvalue weighted by molar-refractivity contribution is 6.00. The van der Waals surface area contributed by atoms with Gasteiger partial charge in [0, 0.05) is 0 Å². The highest BCUT2D eigenvalue weighted by Gasteiger charge is 2.37. The number of nitrogens with zero attached hydrogens (tertiary/aromatic N) is 4. The molecule has 0 saturated carbocycles. The minimum absolute atomic E-state index is 0.247. The van der Waals surface area contributed by atoms with Crippen LogP contribution in [0.5, 0.6) is 0 Å². The fraction of sp³-hybridized carbons (Fsp3) is 0.357. The first-order chi connectivity index (χ1) is 10.5. The summed E-state index contributed by atoms with van der Waals surface area (Å²) in [7, 11) is 1.30. The Morgan fingerprint density at radius 3 is 2.91 bits per heavy atom. The fourth-order valence-corrected chi connectivity index (χ4v) is 2.46. The van der Waals surface area contributed by atoms with Crippen molar-refractivity contribution in [1.82, 2.24) is 25.5 Å². The number of hydrogen-bond acceptors (Lipinski definition) is 6. The number of nitrogens with one attached hydrogen (secondary N) is 1. The molecule has 0 bridgehead atoms. The Bertz CT molecular complexity index is 770. The van der Waals surface area contributed by atoms with E-state index >= 15 is 0 Å². The van der Waals surface area contributed by atoms with Gasteiger partial charge in [-0.05, 0) is 42.0 Å². The van der Waals surface area contributed by atoms with Gasteiger partial charge in [-0.25, -0.2) is 4.79 Å². The molecule has 0 spiro atoms. The first-order valence-electron chi connectivity index (χ1n) is 6.84. The van der Waals surface area contributed by atoms with Crippen molar-refractivity contribution in [3.63, 3.8) is 0 Å². The van der Waals surface area contributed by atoms with Crippen molar-refractivity contribution < 1.29 is 14.3 Å². The minimum atomic E-state index is -0.689. The summed E-state index contributed by atoms with van der Waals surface area (Å²) < 4.78 is 6.21. The molecule has 8 heteroatoms. The summed E-state index contributed by atoms with van der Waals surface area (Å²) in [5.41, 5.74) is 0.497. The predicted molar refractivity (Wildman–Crippen MR) is 75.6 cm³/mol. The summed E-state index contributed by atoms with van der Waals surface area (Å²) in [5, 5.41) is 14.7. The summed E-state index contributed by atoms with van der Waals surface area (Å²) >= 11 is 0. The second kappa shape index (κ2) is 4.90. The van der Waals surface area contributed by atoms with Crippen molar-refractivity contribution in [2.75, 3.05) is 7.11 Å². The van der Waals surface area contributed by atoms with Gasteiger partial charge in [-0.1, -0.05) is 6.92 Å². The molecule has 2 heterocycles. The quantitative estimate of drug-likeness (QED) is 0.824. The number of benzene rings is 1. The van der Waals surface area contributed by atoms with E-state index in [1.807, 2.05) is 13.8 Å². The van der Waals surface area contributed by atoms with E-state index in [9.17, 15) is 9.59 Å². The zero-order chi connectivity index (χ0) is 15.9. The molecule has 1 atom stereocenters. The second-order valence-electron chi connectivity index (χ2n) is 5.28. The molecule has 1 aliphatic heterocycles. The number of carbonyl (C=O) groups is 2. The summed E-state index contributed by atoms with van der Waals surface area (Å²) in [6.07, 6.45) is 0.622. The maximum absolute atomic E-state index is 12.5. The van der Waals surface area contributed by atoms with Crippen molar-refractivity contribution >= 4 is 11.9 Å². The molecule has 1 unspecified atom stereocenters. The standard InChI is InChI=1S/C14H15N5O3/c1-4-14(2)13-16-17-18-19(13)10-7-8(12(21)22-3)5-6-9(10)11(20)15-14/h5-7H,4H2,1-3H3,(H,15,20). The lowest BCUT2D eigenvalue weighted by Crippen LogP contribution is -2.43. The molecule has 0 saturated heterocycles. The smallest absolute Gasteiger partial charge is 0.337 e. The fourth-order valence-electron chi connectivity index (χ4n) is 2.46.